The van der Waals surface area contributed by atoms with Gasteiger partial charge in [0.2, 0.25) is 10.0 Å². The van der Waals surface area contributed by atoms with Gasteiger partial charge in [-0.15, -0.1) is 0 Å². The van der Waals surface area contributed by atoms with Crippen molar-refractivity contribution in [3.05, 3.63) is 65.2 Å². The highest BCUT2D eigenvalue weighted by Gasteiger charge is 2.44. The van der Waals surface area contributed by atoms with Gasteiger partial charge in [0.05, 0.1) is 42.8 Å². The zero-order chi connectivity index (χ0) is 29.6. The Morgan fingerprint density at radius 3 is 2.61 bits per heavy atom. The number of ether oxygens (including phenoxy) is 3. The molecular weight excluding hydrogens is 550 g/mol. The number of aliphatic hydroxyl groups excluding tert-OH is 2. The Balaban J connectivity index is 1.54. The minimum atomic E-state index is -4.04. The van der Waals surface area contributed by atoms with E-state index in [2.05, 4.69) is 5.32 Å². The van der Waals surface area contributed by atoms with Gasteiger partial charge in [0, 0.05) is 19.6 Å². The van der Waals surface area contributed by atoms with Crippen molar-refractivity contribution in [2.24, 2.45) is 5.92 Å². The molecule has 2 saturated heterocycles. The number of benzene rings is 2. The van der Waals surface area contributed by atoms with E-state index in [-0.39, 0.29) is 49.8 Å². The molecule has 4 rings (SSSR count). The number of nitrogens with one attached hydrogen (secondary N) is 1. The van der Waals surface area contributed by atoms with Crippen LogP contribution in [-0.4, -0.2) is 105 Å². The molecule has 0 spiro atoms. The van der Waals surface area contributed by atoms with Gasteiger partial charge in [-0.25, -0.2) is 13.2 Å². The van der Waals surface area contributed by atoms with Gasteiger partial charge in [-0.1, -0.05) is 36.4 Å². The van der Waals surface area contributed by atoms with Crippen molar-refractivity contribution < 1.29 is 37.6 Å². The summed E-state index contributed by atoms with van der Waals surface area (Å²) in [4.78, 5) is 14.9. The number of likely N-dealkylation sites (N-methyl/N-ethyl adjacent to an activating group) is 1. The number of aryl methyl sites for hydroxylation is 1. The number of rotatable bonds is 13. The van der Waals surface area contributed by atoms with E-state index in [1.807, 2.05) is 49.3 Å². The van der Waals surface area contributed by atoms with Crippen molar-refractivity contribution in [3.8, 4) is 0 Å². The minimum absolute atomic E-state index is 0.0275. The van der Waals surface area contributed by atoms with Crippen molar-refractivity contribution in [2.45, 2.75) is 55.8 Å². The maximum atomic E-state index is 13.8. The predicted octanol–water partition coefficient (Wildman–Crippen LogP) is 1.50. The Hall–Kier alpha value is -2.58. The lowest BCUT2D eigenvalue weighted by atomic mass is 10.0. The van der Waals surface area contributed by atoms with Gasteiger partial charge >= 0.3 is 6.09 Å². The van der Waals surface area contributed by atoms with Crippen LogP contribution in [0.2, 0.25) is 0 Å². The van der Waals surface area contributed by atoms with Gasteiger partial charge in [-0.05, 0) is 62.7 Å². The first kappa shape index (κ1) is 31.4. The Kier molecular flexibility index (Phi) is 10.8. The maximum Gasteiger partial charge on any atom is 0.407 e. The summed E-state index contributed by atoms with van der Waals surface area (Å²) in [6, 6.07) is 13.1. The molecule has 11 nitrogen and oxygen atoms in total. The highest BCUT2D eigenvalue weighted by molar-refractivity contribution is 7.89. The molecule has 2 aliphatic rings. The Bertz CT molecular complexity index is 1260. The van der Waals surface area contributed by atoms with E-state index in [1.54, 1.807) is 13.0 Å². The summed E-state index contributed by atoms with van der Waals surface area (Å²) in [5, 5.41) is 23.9. The molecular formula is C29H41N3O8S. The molecule has 2 aliphatic heterocycles. The fourth-order valence-electron chi connectivity index (χ4n) is 5.11. The van der Waals surface area contributed by atoms with Crippen LogP contribution in [0.5, 0.6) is 0 Å². The summed E-state index contributed by atoms with van der Waals surface area (Å²) < 4.78 is 45.5. The zero-order valence-electron chi connectivity index (χ0n) is 23.8. The SMILES string of the molecule is Cc1ccc(S(=O)(=O)N(CCN(C)C)C[C@@H](O)[C@H](Cc2ccccc2)NC(=O)OC2CO[C@H]3OCCC23)cc1CO. The molecule has 0 aromatic heterocycles. The standard InChI is InChI=1S/C29H41N3O8S/c1-20-9-10-23(16-22(20)18-33)41(36,37)32(13-12-31(2)3)17-26(34)25(15-21-7-5-4-6-8-21)30-29(35)40-27-19-39-28-24(27)11-14-38-28/h4-10,16,24-28,33-34H,11-15,17-19H2,1-3H3,(H,30,35)/t24?,25-,26+,27?,28+/m0/s1. The average molecular weight is 592 g/mol. The van der Waals surface area contributed by atoms with Gasteiger partial charge in [0.1, 0.15) is 6.10 Å². The van der Waals surface area contributed by atoms with Crippen LogP contribution in [-0.2, 0) is 37.3 Å². The second kappa shape index (κ2) is 14.1. The lowest BCUT2D eigenvalue weighted by molar-refractivity contribution is -0.0907. The van der Waals surface area contributed by atoms with Crippen LogP contribution >= 0.6 is 0 Å². The second-order valence-electron chi connectivity index (χ2n) is 10.9. The van der Waals surface area contributed by atoms with Crippen molar-refractivity contribution in [3.63, 3.8) is 0 Å². The fourth-order valence-corrected chi connectivity index (χ4v) is 6.61. The largest absolute Gasteiger partial charge is 0.443 e. The number of amides is 1. The lowest BCUT2D eigenvalue weighted by Gasteiger charge is -2.30. The molecule has 12 heteroatoms. The molecule has 2 heterocycles. The number of fused-ring (bicyclic) bond motifs is 1. The summed E-state index contributed by atoms with van der Waals surface area (Å²) in [5.74, 6) is -0.0387. The smallest absolute Gasteiger partial charge is 0.407 e. The van der Waals surface area contributed by atoms with Crippen LogP contribution in [0.3, 0.4) is 0 Å². The molecule has 2 aromatic carbocycles. The predicted molar refractivity (Wildman–Crippen MR) is 152 cm³/mol. The van der Waals surface area contributed by atoms with Crippen LogP contribution in [0, 0.1) is 12.8 Å². The topological polar surface area (TPSA) is 138 Å². The van der Waals surface area contributed by atoms with Crippen molar-refractivity contribution in [1.29, 1.82) is 0 Å². The minimum Gasteiger partial charge on any atom is -0.443 e. The van der Waals surface area contributed by atoms with Gasteiger partial charge < -0.3 is 34.6 Å². The van der Waals surface area contributed by atoms with Crippen molar-refractivity contribution in [2.75, 3.05) is 46.9 Å². The molecule has 1 amide bonds. The molecule has 41 heavy (non-hydrogen) atoms. The Morgan fingerprint density at radius 2 is 1.90 bits per heavy atom. The van der Waals surface area contributed by atoms with Gasteiger partial charge in [-0.3, -0.25) is 0 Å². The first-order valence-electron chi connectivity index (χ1n) is 13.9. The number of sulfonamides is 1. The van der Waals surface area contributed by atoms with Crippen LogP contribution in [0.15, 0.2) is 53.4 Å². The molecule has 0 bridgehead atoms. The number of aliphatic hydroxyl groups is 2. The molecule has 2 aromatic rings. The Morgan fingerprint density at radius 1 is 1.15 bits per heavy atom. The van der Waals surface area contributed by atoms with Crippen molar-refractivity contribution >= 4 is 16.1 Å². The number of carbonyl (C=O) groups excluding carboxylic acids is 1. The van der Waals surface area contributed by atoms with E-state index in [1.165, 1.54) is 16.4 Å². The molecule has 226 valence electrons. The highest BCUT2D eigenvalue weighted by atomic mass is 32.2. The van der Waals surface area contributed by atoms with E-state index in [0.717, 1.165) is 17.5 Å². The normalized spacial score (nSPS) is 22.1. The molecule has 0 saturated carbocycles. The van der Waals surface area contributed by atoms with E-state index < -0.39 is 34.4 Å². The molecule has 3 N–H and O–H groups in total. The fraction of sp³-hybridized carbons (Fsp3) is 0.552. The number of hydrogen-bond donors (Lipinski definition) is 3. The summed E-state index contributed by atoms with van der Waals surface area (Å²) in [5.41, 5.74) is 2.15. The number of nitrogens with zero attached hydrogens (tertiary/aromatic N) is 2. The number of carbonyl (C=O) groups is 1. The van der Waals surface area contributed by atoms with Gasteiger partial charge in [0.25, 0.3) is 0 Å². The average Bonchev–Trinajstić information content (AvgIpc) is 3.56. The third-order valence-electron chi connectivity index (χ3n) is 7.63. The molecule has 2 unspecified atom stereocenters. The van der Waals surface area contributed by atoms with Crippen molar-refractivity contribution in [1.82, 2.24) is 14.5 Å². The third-order valence-corrected chi connectivity index (χ3v) is 9.49. The highest BCUT2D eigenvalue weighted by Crippen LogP contribution is 2.33. The molecule has 2 fully saturated rings. The van der Waals surface area contributed by atoms with E-state index in [9.17, 15) is 23.4 Å². The summed E-state index contributed by atoms with van der Waals surface area (Å²) in [6.07, 6.45) is -1.81. The van der Waals surface area contributed by atoms with Crippen LogP contribution in [0.1, 0.15) is 23.1 Å². The lowest BCUT2D eigenvalue weighted by Crippen LogP contribution is -2.52. The molecule has 0 radical (unpaired) electrons. The molecule has 5 atom stereocenters. The van der Waals surface area contributed by atoms with Gasteiger partial charge in [-0.2, -0.15) is 4.31 Å². The molecule has 0 aliphatic carbocycles. The summed E-state index contributed by atoms with van der Waals surface area (Å²) in [7, 11) is -0.378. The third kappa shape index (κ3) is 8.04. The van der Waals surface area contributed by atoms with E-state index >= 15 is 0 Å². The summed E-state index contributed by atoms with van der Waals surface area (Å²) in [6.45, 7) is 2.55. The number of alkyl carbamates (subject to hydrolysis) is 1. The second-order valence-corrected chi connectivity index (χ2v) is 12.8. The van der Waals surface area contributed by atoms with E-state index in [4.69, 9.17) is 14.2 Å². The number of hydrogen-bond acceptors (Lipinski definition) is 9. The quantitative estimate of drug-likeness (QED) is 0.316. The first-order valence-corrected chi connectivity index (χ1v) is 15.3. The van der Waals surface area contributed by atoms with E-state index in [0.29, 0.717) is 18.7 Å². The zero-order valence-corrected chi connectivity index (χ0v) is 24.6. The first-order chi connectivity index (χ1) is 19.6. The van der Waals surface area contributed by atoms with Crippen LogP contribution in [0.4, 0.5) is 4.79 Å². The van der Waals surface area contributed by atoms with Gasteiger partial charge in [0.15, 0.2) is 6.29 Å². The van der Waals surface area contributed by atoms with Crippen LogP contribution in [0.25, 0.3) is 0 Å². The Labute approximate surface area is 242 Å². The summed E-state index contributed by atoms with van der Waals surface area (Å²) >= 11 is 0. The van der Waals surface area contributed by atoms with Crippen LogP contribution < -0.4 is 5.32 Å². The maximum absolute atomic E-state index is 13.8. The monoisotopic (exact) mass is 591 g/mol.